The van der Waals surface area contributed by atoms with Gasteiger partial charge in [-0.05, 0) is 32.3 Å². The Kier molecular flexibility index (Phi) is 3.19. The van der Waals surface area contributed by atoms with E-state index >= 15 is 0 Å². The fourth-order valence-corrected chi connectivity index (χ4v) is 2.30. The SMILES string of the molecule is CCNc1ncnc(-n2ccc(C3CC3)n2)c1CC. The first-order valence-electron chi connectivity index (χ1n) is 6.97. The highest BCUT2D eigenvalue weighted by molar-refractivity contribution is 5.51. The van der Waals surface area contributed by atoms with E-state index in [4.69, 9.17) is 0 Å². The molecule has 5 nitrogen and oxygen atoms in total. The normalized spacial score (nSPS) is 14.6. The van der Waals surface area contributed by atoms with E-state index in [0.29, 0.717) is 5.92 Å². The summed E-state index contributed by atoms with van der Waals surface area (Å²) < 4.78 is 1.88. The Bertz CT molecular complexity index is 571. The van der Waals surface area contributed by atoms with Crippen LogP contribution in [0.25, 0.3) is 5.82 Å². The van der Waals surface area contributed by atoms with E-state index in [1.165, 1.54) is 18.5 Å². The summed E-state index contributed by atoms with van der Waals surface area (Å²) in [5, 5.41) is 7.94. The van der Waals surface area contributed by atoms with Crippen LogP contribution in [0.4, 0.5) is 5.82 Å². The van der Waals surface area contributed by atoms with Gasteiger partial charge in [0.15, 0.2) is 5.82 Å². The fraction of sp³-hybridized carbons (Fsp3) is 0.500. The first-order valence-corrected chi connectivity index (χ1v) is 6.97. The lowest BCUT2D eigenvalue weighted by Gasteiger charge is -2.11. The molecule has 0 unspecified atom stereocenters. The molecule has 100 valence electrons. The molecular formula is C14H19N5. The molecule has 19 heavy (non-hydrogen) atoms. The Morgan fingerprint density at radius 2 is 2.16 bits per heavy atom. The lowest BCUT2D eigenvalue weighted by Crippen LogP contribution is -2.10. The molecule has 1 fully saturated rings. The molecule has 5 heteroatoms. The van der Waals surface area contributed by atoms with Crippen LogP contribution in [0, 0.1) is 0 Å². The molecule has 0 atom stereocenters. The largest absolute Gasteiger partial charge is 0.370 e. The highest BCUT2D eigenvalue weighted by atomic mass is 15.3. The van der Waals surface area contributed by atoms with Gasteiger partial charge in [0, 0.05) is 24.2 Å². The van der Waals surface area contributed by atoms with Crippen LogP contribution in [-0.2, 0) is 6.42 Å². The summed E-state index contributed by atoms with van der Waals surface area (Å²) >= 11 is 0. The Hall–Kier alpha value is -1.91. The average molecular weight is 257 g/mol. The van der Waals surface area contributed by atoms with Gasteiger partial charge in [-0.15, -0.1) is 0 Å². The van der Waals surface area contributed by atoms with Gasteiger partial charge in [-0.2, -0.15) is 5.10 Å². The van der Waals surface area contributed by atoms with Crippen molar-refractivity contribution in [3.8, 4) is 5.82 Å². The summed E-state index contributed by atoms with van der Waals surface area (Å²) in [7, 11) is 0. The smallest absolute Gasteiger partial charge is 0.161 e. The standard InChI is InChI=1S/C14H19N5/c1-3-11-13(15-4-2)16-9-17-14(11)19-8-7-12(18-19)10-5-6-10/h7-10H,3-6H2,1-2H3,(H,15,16,17). The molecule has 0 saturated heterocycles. The van der Waals surface area contributed by atoms with E-state index in [2.05, 4.69) is 40.3 Å². The quantitative estimate of drug-likeness (QED) is 0.894. The zero-order valence-corrected chi connectivity index (χ0v) is 11.4. The molecule has 0 radical (unpaired) electrons. The molecule has 0 aliphatic heterocycles. The molecule has 1 aliphatic rings. The zero-order chi connectivity index (χ0) is 13.2. The number of aromatic nitrogens is 4. The maximum absolute atomic E-state index is 4.65. The summed E-state index contributed by atoms with van der Waals surface area (Å²) in [5.74, 6) is 2.47. The van der Waals surface area contributed by atoms with E-state index in [1.807, 2.05) is 10.9 Å². The van der Waals surface area contributed by atoms with Crippen molar-refractivity contribution < 1.29 is 0 Å². The fourth-order valence-electron chi connectivity index (χ4n) is 2.30. The Morgan fingerprint density at radius 1 is 1.32 bits per heavy atom. The van der Waals surface area contributed by atoms with Gasteiger partial charge in [0.05, 0.1) is 5.69 Å². The Morgan fingerprint density at radius 3 is 2.84 bits per heavy atom. The van der Waals surface area contributed by atoms with Gasteiger partial charge in [-0.3, -0.25) is 0 Å². The number of anilines is 1. The minimum atomic E-state index is 0.668. The molecule has 0 bridgehead atoms. The summed E-state index contributed by atoms with van der Waals surface area (Å²) in [6.07, 6.45) is 7.03. The molecular weight excluding hydrogens is 238 g/mol. The van der Waals surface area contributed by atoms with Crippen molar-refractivity contribution >= 4 is 5.82 Å². The van der Waals surface area contributed by atoms with Gasteiger partial charge in [0.2, 0.25) is 0 Å². The highest BCUT2D eigenvalue weighted by Gasteiger charge is 2.26. The summed E-state index contributed by atoms with van der Waals surface area (Å²) in [5.41, 5.74) is 2.31. The lowest BCUT2D eigenvalue weighted by molar-refractivity contribution is 0.792. The van der Waals surface area contributed by atoms with Gasteiger partial charge in [-0.25, -0.2) is 14.6 Å². The molecule has 0 amide bonds. The van der Waals surface area contributed by atoms with Crippen LogP contribution in [-0.4, -0.2) is 26.3 Å². The van der Waals surface area contributed by atoms with E-state index in [-0.39, 0.29) is 0 Å². The zero-order valence-electron chi connectivity index (χ0n) is 11.4. The summed E-state index contributed by atoms with van der Waals surface area (Å²) in [6, 6.07) is 2.10. The van der Waals surface area contributed by atoms with Crippen molar-refractivity contribution in [2.24, 2.45) is 0 Å². The molecule has 0 spiro atoms. The number of nitrogens with one attached hydrogen (secondary N) is 1. The number of nitrogens with zero attached hydrogens (tertiary/aromatic N) is 4. The van der Waals surface area contributed by atoms with Crippen LogP contribution in [0.2, 0.25) is 0 Å². The maximum Gasteiger partial charge on any atom is 0.161 e. The van der Waals surface area contributed by atoms with Gasteiger partial charge in [0.1, 0.15) is 12.1 Å². The minimum Gasteiger partial charge on any atom is -0.370 e. The predicted molar refractivity (Wildman–Crippen MR) is 74.7 cm³/mol. The second kappa shape index (κ2) is 4.99. The number of hydrogen-bond acceptors (Lipinski definition) is 4. The van der Waals surface area contributed by atoms with Crippen LogP contribution in [0.5, 0.6) is 0 Å². The second-order valence-corrected chi connectivity index (χ2v) is 4.87. The van der Waals surface area contributed by atoms with Crippen LogP contribution in [0.15, 0.2) is 18.6 Å². The Balaban J connectivity index is 1.99. The average Bonchev–Trinajstić information content (AvgIpc) is 3.17. The van der Waals surface area contributed by atoms with Crippen molar-refractivity contribution in [2.75, 3.05) is 11.9 Å². The minimum absolute atomic E-state index is 0.668. The van der Waals surface area contributed by atoms with Gasteiger partial charge in [0.25, 0.3) is 0 Å². The third kappa shape index (κ3) is 2.32. The van der Waals surface area contributed by atoms with E-state index < -0.39 is 0 Å². The Labute approximate surface area is 113 Å². The van der Waals surface area contributed by atoms with Crippen LogP contribution in [0.3, 0.4) is 0 Å². The monoisotopic (exact) mass is 257 g/mol. The van der Waals surface area contributed by atoms with Crippen LogP contribution < -0.4 is 5.32 Å². The molecule has 2 aromatic heterocycles. The van der Waals surface area contributed by atoms with Gasteiger partial charge >= 0.3 is 0 Å². The third-order valence-corrected chi connectivity index (χ3v) is 3.44. The van der Waals surface area contributed by atoms with Gasteiger partial charge in [-0.1, -0.05) is 6.92 Å². The second-order valence-electron chi connectivity index (χ2n) is 4.87. The number of rotatable bonds is 5. The number of hydrogen-bond donors (Lipinski definition) is 1. The van der Waals surface area contributed by atoms with E-state index in [9.17, 15) is 0 Å². The molecule has 0 aromatic carbocycles. The lowest BCUT2D eigenvalue weighted by atomic mass is 10.2. The maximum atomic E-state index is 4.65. The third-order valence-electron chi connectivity index (χ3n) is 3.44. The molecule has 1 N–H and O–H groups in total. The molecule has 2 heterocycles. The highest BCUT2D eigenvalue weighted by Crippen LogP contribution is 2.39. The van der Waals surface area contributed by atoms with Crippen molar-refractivity contribution in [2.45, 2.75) is 39.0 Å². The van der Waals surface area contributed by atoms with Crippen molar-refractivity contribution in [1.29, 1.82) is 0 Å². The van der Waals surface area contributed by atoms with E-state index in [1.54, 1.807) is 6.33 Å². The van der Waals surface area contributed by atoms with Crippen molar-refractivity contribution in [1.82, 2.24) is 19.7 Å². The summed E-state index contributed by atoms with van der Waals surface area (Å²) in [6.45, 7) is 5.05. The van der Waals surface area contributed by atoms with Crippen molar-refractivity contribution in [3.05, 3.63) is 29.8 Å². The van der Waals surface area contributed by atoms with Crippen LogP contribution in [0.1, 0.15) is 43.9 Å². The predicted octanol–water partition coefficient (Wildman–Crippen LogP) is 2.53. The molecule has 3 rings (SSSR count). The first-order chi connectivity index (χ1) is 9.33. The van der Waals surface area contributed by atoms with E-state index in [0.717, 1.165) is 30.2 Å². The molecule has 1 saturated carbocycles. The van der Waals surface area contributed by atoms with Crippen LogP contribution >= 0.6 is 0 Å². The topological polar surface area (TPSA) is 55.6 Å². The molecule has 2 aromatic rings. The van der Waals surface area contributed by atoms with Gasteiger partial charge < -0.3 is 5.32 Å². The summed E-state index contributed by atoms with van der Waals surface area (Å²) in [4.78, 5) is 8.72. The van der Waals surface area contributed by atoms with Crippen molar-refractivity contribution in [3.63, 3.8) is 0 Å². The first kappa shape index (κ1) is 12.1. The molecule has 1 aliphatic carbocycles.